The molecular formula is C18H24N2O2Si. The van der Waals surface area contributed by atoms with E-state index in [4.69, 9.17) is 4.74 Å². The van der Waals surface area contributed by atoms with Gasteiger partial charge in [-0.05, 0) is 41.8 Å². The van der Waals surface area contributed by atoms with E-state index in [1.165, 1.54) is 6.04 Å². The molecule has 23 heavy (non-hydrogen) atoms. The monoisotopic (exact) mass is 328 g/mol. The lowest BCUT2D eigenvalue weighted by molar-refractivity contribution is -0.114. The number of fused-ring (bicyclic) bond motifs is 1. The number of aromatic nitrogens is 2. The zero-order valence-electron chi connectivity index (χ0n) is 14.1. The van der Waals surface area contributed by atoms with Crippen molar-refractivity contribution in [1.82, 2.24) is 9.55 Å². The third kappa shape index (κ3) is 3.98. The summed E-state index contributed by atoms with van der Waals surface area (Å²) >= 11 is 0. The summed E-state index contributed by atoms with van der Waals surface area (Å²) in [6, 6.07) is 5.35. The maximum absolute atomic E-state index is 11.4. The van der Waals surface area contributed by atoms with Crippen LogP contribution in [0.25, 0.3) is 16.6 Å². The molecule has 0 spiro atoms. The van der Waals surface area contributed by atoms with Crippen LogP contribution >= 0.6 is 0 Å². The second kappa shape index (κ2) is 6.41. The Hall–Kier alpha value is -1.72. The molecule has 0 unspecified atom stereocenters. The Morgan fingerprint density at radius 2 is 2.13 bits per heavy atom. The minimum Gasteiger partial charge on any atom is -0.361 e. The van der Waals surface area contributed by atoms with Crippen LogP contribution in [0.1, 0.15) is 18.4 Å². The zero-order chi connectivity index (χ0) is 16.4. The van der Waals surface area contributed by atoms with Gasteiger partial charge in [0.2, 0.25) is 0 Å². The largest absolute Gasteiger partial charge is 0.361 e. The van der Waals surface area contributed by atoms with E-state index < -0.39 is 8.07 Å². The summed E-state index contributed by atoms with van der Waals surface area (Å²) < 4.78 is 7.85. The summed E-state index contributed by atoms with van der Waals surface area (Å²) in [5.74, 6) is 0.216. The van der Waals surface area contributed by atoms with Gasteiger partial charge in [-0.25, -0.2) is 4.98 Å². The molecule has 0 fully saturated rings. The van der Waals surface area contributed by atoms with Crippen molar-refractivity contribution in [2.75, 3.05) is 6.61 Å². The third-order valence-corrected chi connectivity index (χ3v) is 5.88. The Morgan fingerprint density at radius 3 is 2.83 bits per heavy atom. The molecule has 0 aromatic carbocycles. The standard InChI is InChI=1S/C18H24N2O2Si/c1-23(2,3)9-8-22-13-20-7-6-15-10-16(12-19-18(15)20)14-4-5-17(21)11-14/h6-7,10-12H,4-5,8-9,13H2,1-3H3. The second-order valence-corrected chi connectivity index (χ2v) is 13.0. The highest BCUT2D eigenvalue weighted by Crippen LogP contribution is 2.27. The number of carbonyl (C=O) groups excluding carboxylic acids is 1. The number of nitrogens with zero attached hydrogens (tertiary/aromatic N) is 2. The van der Waals surface area contributed by atoms with Crippen LogP contribution < -0.4 is 0 Å². The molecule has 2 aromatic rings. The van der Waals surface area contributed by atoms with Gasteiger partial charge in [0.15, 0.2) is 5.78 Å². The maximum atomic E-state index is 11.4. The van der Waals surface area contributed by atoms with Crippen LogP contribution in [0.2, 0.25) is 25.7 Å². The Kier molecular flexibility index (Phi) is 4.50. The topological polar surface area (TPSA) is 44.1 Å². The summed E-state index contributed by atoms with van der Waals surface area (Å²) in [4.78, 5) is 16.0. The molecule has 0 atom stereocenters. The Balaban J connectivity index is 1.69. The Morgan fingerprint density at radius 1 is 1.30 bits per heavy atom. The Bertz CT molecular complexity index is 756. The van der Waals surface area contributed by atoms with Gasteiger partial charge in [0, 0.05) is 38.9 Å². The number of carbonyl (C=O) groups is 1. The molecule has 5 heteroatoms. The van der Waals surface area contributed by atoms with E-state index in [1.807, 2.05) is 17.0 Å². The molecule has 0 saturated heterocycles. The average molecular weight is 328 g/mol. The van der Waals surface area contributed by atoms with Crippen molar-refractivity contribution in [1.29, 1.82) is 0 Å². The van der Waals surface area contributed by atoms with Crippen molar-refractivity contribution in [2.45, 2.75) is 45.3 Å². The molecule has 2 heterocycles. The number of hydrogen-bond acceptors (Lipinski definition) is 3. The first kappa shape index (κ1) is 16.1. The van der Waals surface area contributed by atoms with Crippen molar-refractivity contribution in [3.63, 3.8) is 0 Å². The highest BCUT2D eigenvalue weighted by Gasteiger charge is 2.15. The molecule has 2 aromatic heterocycles. The molecule has 0 radical (unpaired) electrons. The van der Waals surface area contributed by atoms with E-state index in [9.17, 15) is 4.79 Å². The average Bonchev–Trinajstić information content (AvgIpc) is 3.08. The van der Waals surface area contributed by atoms with Crippen LogP contribution in [-0.4, -0.2) is 30.0 Å². The predicted octanol–water partition coefficient (Wildman–Crippen LogP) is 4.09. The van der Waals surface area contributed by atoms with Crippen LogP contribution in [0.5, 0.6) is 0 Å². The lowest BCUT2D eigenvalue weighted by Gasteiger charge is -2.15. The maximum Gasteiger partial charge on any atom is 0.156 e. The molecule has 0 N–H and O–H groups in total. The zero-order valence-corrected chi connectivity index (χ0v) is 15.1. The van der Waals surface area contributed by atoms with Gasteiger partial charge < -0.3 is 9.30 Å². The van der Waals surface area contributed by atoms with Crippen LogP contribution in [0.15, 0.2) is 30.6 Å². The number of ketones is 1. The lowest BCUT2D eigenvalue weighted by Crippen LogP contribution is -2.22. The van der Waals surface area contributed by atoms with Gasteiger partial charge in [0.25, 0.3) is 0 Å². The molecular weight excluding hydrogens is 304 g/mol. The molecule has 0 aliphatic heterocycles. The van der Waals surface area contributed by atoms with Crippen molar-refractivity contribution in [2.24, 2.45) is 0 Å². The van der Waals surface area contributed by atoms with E-state index >= 15 is 0 Å². The van der Waals surface area contributed by atoms with Crippen LogP contribution in [0, 0.1) is 0 Å². The van der Waals surface area contributed by atoms with Gasteiger partial charge in [-0.15, -0.1) is 0 Å². The van der Waals surface area contributed by atoms with Crippen molar-refractivity contribution >= 4 is 30.5 Å². The lowest BCUT2D eigenvalue weighted by atomic mass is 10.1. The van der Waals surface area contributed by atoms with E-state index in [1.54, 1.807) is 6.08 Å². The smallest absolute Gasteiger partial charge is 0.156 e. The predicted molar refractivity (Wildman–Crippen MR) is 96.1 cm³/mol. The molecule has 1 aliphatic carbocycles. The van der Waals surface area contributed by atoms with Crippen LogP contribution in [0.3, 0.4) is 0 Å². The molecule has 1 aliphatic rings. The van der Waals surface area contributed by atoms with Crippen molar-refractivity contribution in [3.05, 3.63) is 36.2 Å². The molecule has 3 rings (SSSR count). The molecule has 122 valence electrons. The first-order valence-electron chi connectivity index (χ1n) is 8.19. The van der Waals surface area contributed by atoms with Gasteiger partial charge in [-0.3, -0.25) is 4.79 Å². The number of hydrogen-bond donors (Lipinski definition) is 0. The van der Waals surface area contributed by atoms with Gasteiger partial charge in [-0.2, -0.15) is 0 Å². The summed E-state index contributed by atoms with van der Waals surface area (Å²) in [6.07, 6.45) is 7.08. The Labute approximate surface area is 138 Å². The first-order chi connectivity index (χ1) is 10.9. The minimum absolute atomic E-state index is 0.216. The third-order valence-electron chi connectivity index (χ3n) is 4.17. The van der Waals surface area contributed by atoms with Crippen LogP contribution in [0.4, 0.5) is 0 Å². The number of allylic oxidation sites excluding steroid dienone is 2. The van der Waals surface area contributed by atoms with Gasteiger partial charge in [0.05, 0.1) is 0 Å². The SMILES string of the molecule is C[Si](C)(C)CCOCn1ccc2cc(C3=CC(=O)CC3)cnc21. The van der Waals surface area contributed by atoms with Crippen molar-refractivity contribution in [3.8, 4) is 0 Å². The fourth-order valence-electron chi connectivity index (χ4n) is 2.72. The summed E-state index contributed by atoms with van der Waals surface area (Å²) in [5.41, 5.74) is 3.09. The van der Waals surface area contributed by atoms with Gasteiger partial charge >= 0.3 is 0 Å². The van der Waals surface area contributed by atoms with E-state index in [0.29, 0.717) is 13.2 Å². The first-order valence-corrected chi connectivity index (χ1v) is 11.9. The van der Waals surface area contributed by atoms with Crippen LogP contribution in [-0.2, 0) is 16.3 Å². The second-order valence-electron chi connectivity index (χ2n) is 7.41. The summed E-state index contributed by atoms with van der Waals surface area (Å²) in [5, 5.41) is 1.09. The quantitative estimate of drug-likeness (QED) is 0.592. The van der Waals surface area contributed by atoms with E-state index in [0.717, 1.165) is 35.2 Å². The van der Waals surface area contributed by atoms with E-state index in [2.05, 4.69) is 36.8 Å². The number of rotatable bonds is 6. The number of ether oxygens (including phenoxy) is 1. The molecule has 0 bridgehead atoms. The summed E-state index contributed by atoms with van der Waals surface area (Å²) in [6.45, 7) is 8.41. The van der Waals surface area contributed by atoms with Gasteiger partial charge in [-0.1, -0.05) is 19.6 Å². The minimum atomic E-state index is -1.04. The number of pyridine rings is 1. The van der Waals surface area contributed by atoms with E-state index in [-0.39, 0.29) is 5.78 Å². The molecule has 0 saturated carbocycles. The summed E-state index contributed by atoms with van der Waals surface area (Å²) in [7, 11) is -1.04. The fourth-order valence-corrected chi connectivity index (χ4v) is 3.48. The normalized spacial score (nSPS) is 15.4. The fraction of sp³-hybridized carbons (Fsp3) is 0.444. The van der Waals surface area contributed by atoms with Gasteiger partial charge in [0.1, 0.15) is 12.4 Å². The highest BCUT2D eigenvalue weighted by atomic mass is 28.3. The highest BCUT2D eigenvalue weighted by molar-refractivity contribution is 6.76. The molecule has 0 amide bonds. The van der Waals surface area contributed by atoms with Crippen molar-refractivity contribution < 1.29 is 9.53 Å². The molecule has 4 nitrogen and oxygen atoms in total.